The van der Waals surface area contributed by atoms with Crippen LogP contribution in [0.4, 0.5) is 0 Å². The average Bonchev–Trinajstić information content (AvgIpc) is 3.00. The van der Waals surface area contributed by atoms with Crippen molar-refractivity contribution in [2.24, 2.45) is 0 Å². The molecule has 0 atom stereocenters. The van der Waals surface area contributed by atoms with Crippen molar-refractivity contribution in [1.29, 1.82) is 0 Å². The lowest BCUT2D eigenvalue weighted by Gasteiger charge is -2.04. The standard InChI is InChI=1S/C17H13NO2S/c1-2-4-14-13(3-1)6-8-17(18-14)21-10-12-5-7-15-16(9-12)20-11-19-15/h1-9H,10-11H2. The van der Waals surface area contributed by atoms with Gasteiger partial charge < -0.3 is 9.47 Å². The van der Waals surface area contributed by atoms with Crippen molar-refractivity contribution >= 4 is 22.7 Å². The minimum Gasteiger partial charge on any atom is -0.454 e. The molecule has 0 bridgehead atoms. The molecule has 0 aliphatic carbocycles. The van der Waals surface area contributed by atoms with Gasteiger partial charge >= 0.3 is 0 Å². The summed E-state index contributed by atoms with van der Waals surface area (Å²) >= 11 is 1.73. The topological polar surface area (TPSA) is 31.4 Å². The van der Waals surface area contributed by atoms with Crippen molar-refractivity contribution in [1.82, 2.24) is 4.98 Å². The fraction of sp³-hybridized carbons (Fsp3) is 0.118. The summed E-state index contributed by atoms with van der Waals surface area (Å²) in [6.45, 7) is 0.318. The van der Waals surface area contributed by atoms with E-state index in [-0.39, 0.29) is 0 Å². The largest absolute Gasteiger partial charge is 0.454 e. The van der Waals surface area contributed by atoms with Gasteiger partial charge in [-0.2, -0.15) is 0 Å². The second-order valence-corrected chi connectivity index (χ2v) is 5.81. The Balaban J connectivity index is 1.52. The van der Waals surface area contributed by atoms with Gasteiger partial charge in [-0.1, -0.05) is 30.3 Å². The van der Waals surface area contributed by atoms with Crippen LogP contribution in [0.5, 0.6) is 11.5 Å². The molecule has 1 aliphatic heterocycles. The molecule has 3 nitrogen and oxygen atoms in total. The third-order valence-corrected chi connectivity index (χ3v) is 4.40. The Morgan fingerprint density at radius 2 is 1.86 bits per heavy atom. The van der Waals surface area contributed by atoms with Crippen LogP contribution in [-0.2, 0) is 5.75 Å². The molecule has 4 heteroatoms. The fourth-order valence-electron chi connectivity index (χ4n) is 2.32. The van der Waals surface area contributed by atoms with Crippen LogP contribution in [-0.4, -0.2) is 11.8 Å². The third kappa shape index (κ3) is 2.54. The molecule has 2 aromatic carbocycles. The van der Waals surface area contributed by atoms with Gasteiger partial charge in [0.15, 0.2) is 11.5 Å². The van der Waals surface area contributed by atoms with Gasteiger partial charge in [0.2, 0.25) is 6.79 Å². The monoisotopic (exact) mass is 295 g/mol. The van der Waals surface area contributed by atoms with Crippen molar-refractivity contribution < 1.29 is 9.47 Å². The molecule has 0 saturated heterocycles. The highest BCUT2D eigenvalue weighted by Crippen LogP contribution is 2.34. The van der Waals surface area contributed by atoms with E-state index in [0.717, 1.165) is 27.8 Å². The van der Waals surface area contributed by atoms with E-state index >= 15 is 0 Å². The molecular formula is C17H13NO2S. The number of nitrogens with zero attached hydrogens (tertiary/aromatic N) is 1. The number of hydrogen-bond donors (Lipinski definition) is 0. The maximum absolute atomic E-state index is 5.40. The van der Waals surface area contributed by atoms with Crippen molar-refractivity contribution in [2.75, 3.05) is 6.79 Å². The summed E-state index contributed by atoms with van der Waals surface area (Å²) in [5.41, 5.74) is 2.24. The Morgan fingerprint density at radius 3 is 2.86 bits per heavy atom. The first-order chi connectivity index (χ1) is 10.4. The zero-order valence-electron chi connectivity index (χ0n) is 11.3. The first-order valence-corrected chi connectivity index (χ1v) is 7.74. The van der Waals surface area contributed by atoms with Crippen molar-refractivity contribution in [3.63, 3.8) is 0 Å². The maximum Gasteiger partial charge on any atom is 0.231 e. The lowest BCUT2D eigenvalue weighted by atomic mass is 10.2. The number of benzene rings is 2. The lowest BCUT2D eigenvalue weighted by molar-refractivity contribution is 0.174. The Kier molecular flexibility index (Phi) is 3.16. The highest BCUT2D eigenvalue weighted by Gasteiger charge is 2.13. The minimum absolute atomic E-state index is 0.318. The van der Waals surface area contributed by atoms with Crippen LogP contribution in [0.25, 0.3) is 10.9 Å². The summed E-state index contributed by atoms with van der Waals surface area (Å²) in [4.78, 5) is 4.67. The first-order valence-electron chi connectivity index (χ1n) is 6.76. The predicted molar refractivity (Wildman–Crippen MR) is 83.9 cm³/mol. The molecule has 2 heterocycles. The van der Waals surface area contributed by atoms with Crippen LogP contribution in [0.3, 0.4) is 0 Å². The molecule has 1 aliphatic rings. The molecule has 3 aromatic rings. The average molecular weight is 295 g/mol. The summed E-state index contributed by atoms with van der Waals surface area (Å²) in [5, 5.41) is 2.20. The highest BCUT2D eigenvalue weighted by molar-refractivity contribution is 7.98. The smallest absolute Gasteiger partial charge is 0.231 e. The fourth-order valence-corrected chi connectivity index (χ4v) is 3.14. The first kappa shape index (κ1) is 12.5. The minimum atomic E-state index is 0.318. The number of rotatable bonds is 3. The van der Waals surface area contributed by atoms with Crippen molar-refractivity contribution in [3.05, 3.63) is 60.2 Å². The molecule has 21 heavy (non-hydrogen) atoms. The summed E-state index contributed by atoms with van der Waals surface area (Å²) in [5.74, 6) is 2.52. The second kappa shape index (κ2) is 5.30. The van der Waals surface area contributed by atoms with Gasteiger partial charge in [-0.05, 0) is 29.8 Å². The van der Waals surface area contributed by atoms with E-state index < -0.39 is 0 Å². The van der Waals surface area contributed by atoms with E-state index in [4.69, 9.17) is 9.47 Å². The molecule has 0 radical (unpaired) electrons. The van der Waals surface area contributed by atoms with Gasteiger partial charge in [-0.3, -0.25) is 0 Å². The zero-order chi connectivity index (χ0) is 14.1. The Labute approximate surface area is 126 Å². The van der Waals surface area contributed by atoms with Gasteiger partial charge in [0, 0.05) is 11.1 Å². The van der Waals surface area contributed by atoms with E-state index in [1.807, 2.05) is 30.3 Å². The van der Waals surface area contributed by atoms with Crippen LogP contribution < -0.4 is 9.47 Å². The molecule has 104 valence electrons. The van der Waals surface area contributed by atoms with Gasteiger partial charge in [0.25, 0.3) is 0 Å². The zero-order valence-corrected chi connectivity index (χ0v) is 12.1. The number of para-hydroxylation sites is 1. The van der Waals surface area contributed by atoms with E-state index in [1.54, 1.807) is 11.8 Å². The normalized spacial score (nSPS) is 12.8. The van der Waals surface area contributed by atoms with E-state index in [2.05, 4.69) is 29.2 Å². The quantitative estimate of drug-likeness (QED) is 0.676. The SMILES string of the molecule is c1ccc2nc(SCc3ccc4c(c3)OCO4)ccc2c1. The molecule has 0 unspecified atom stereocenters. The molecule has 4 rings (SSSR count). The lowest BCUT2D eigenvalue weighted by Crippen LogP contribution is -1.92. The highest BCUT2D eigenvalue weighted by atomic mass is 32.2. The molecule has 1 aromatic heterocycles. The Hall–Kier alpha value is -2.20. The number of thioether (sulfide) groups is 1. The summed E-state index contributed by atoms with van der Waals surface area (Å²) < 4.78 is 10.7. The number of pyridine rings is 1. The van der Waals surface area contributed by atoms with Crippen molar-refractivity contribution in [2.45, 2.75) is 10.8 Å². The summed E-state index contributed by atoms with van der Waals surface area (Å²) in [7, 11) is 0. The molecule has 0 amide bonds. The number of hydrogen-bond acceptors (Lipinski definition) is 4. The second-order valence-electron chi connectivity index (χ2n) is 4.82. The van der Waals surface area contributed by atoms with Crippen molar-refractivity contribution in [3.8, 4) is 11.5 Å². The molecule has 0 spiro atoms. The van der Waals surface area contributed by atoms with Crippen LogP contribution in [0, 0.1) is 0 Å². The number of aromatic nitrogens is 1. The van der Waals surface area contributed by atoms with Crippen LogP contribution in [0.2, 0.25) is 0 Å². The number of fused-ring (bicyclic) bond motifs is 2. The van der Waals surface area contributed by atoms with Crippen LogP contribution >= 0.6 is 11.8 Å². The molecule has 0 saturated carbocycles. The van der Waals surface area contributed by atoms with Gasteiger partial charge in [0.1, 0.15) is 0 Å². The predicted octanol–water partition coefficient (Wildman–Crippen LogP) is 4.26. The van der Waals surface area contributed by atoms with Crippen LogP contribution in [0.15, 0.2) is 59.6 Å². The van der Waals surface area contributed by atoms with E-state index in [0.29, 0.717) is 6.79 Å². The Morgan fingerprint density at radius 1 is 0.952 bits per heavy atom. The van der Waals surface area contributed by atoms with Gasteiger partial charge in [-0.25, -0.2) is 4.98 Å². The summed E-state index contributed by atoms with van der Waals surface area (Å²) in [6, 6.07) is 18.4. The maximum atomic E-state index is 5.40. The van der Waals surface area contributed by atoms with E-state index in [1.165, 1.54) is 10.9 Å². The number of ether oxygens (including phenoxy) is 2. The van der Waals surface area contributed by atoms with Gasteiger partial charge in [0.05, 0.1) is 10.5 Å². The third-order valence-electron chi connectivity index (χ3n) is 3.40. The molecule has 0 fully saturated rings. The molecular weight excluding hydrogens is 282 g/mol. The van der Waals surface area contributed by atoms with Crippen LogP contribution in [0.1, 0.15) is 5.56 Å². The van der Waals surface area contributed by atoms with E-state index in [9.17, 15) is 0 Å². The summed E-state index contributed by atoms with van der Waals surface area (Å²) in [6.07, 6.45) is 0. The van der Waals surface area contributed by atoms with Gasteiger partial charge in [-0.15, -0.1) is 11.8 Å². The molecule has 0 N–H and O–H groups in total. The Bertz CT molecular complexity index is 804.